The first-order valence-electron chi connectivity index (χ1n) is 33.6. The molecule has 3 aliphatic rings. The largest absolute Gasteiger partial charge is 0.489 e. The fourth-order valence-electron chi connectivity index (χ4n) is 12.8. The van der Waals surface area contributed by atoms with Crippen molar-refractivity contribution >= 4 is 50.5 Å². The molecular formula is C80H70N12O11. The number of carbonyl (C=O) groups is 3. The number of carbonyl (C=O) groups excluding carboxylic acids is 2. The number of aliphatic hydroxyl groups is 1. The molecule has 3 saturated heterocycles. The molecular weight excluding hydrogens is 1300 g/mol. The lowest BCUT2D eigenvalue weighted by Gasteiger charge is -2.32. The number of aliphatic carboxylic acids is 1. The second-order valence-corrected chi connectivity index (χ2v) is 24.9. The summed E-state index contributed by atoms with van der Waals surface area (Å²) in [4.78, 5) is 64.1. The monoisotopic (exact) mass is 1370 g/mol. The van der Waals surface area contributed by atoms with Crippen LogP contribution >= 0.6 is 0 Å². The number of primary amides is 1. The second kappa shape index (κ2) is 31.6. The molecule has 0 aliphatic carbocycles. The molecule has 23 nitrogen and oxygen atoms in total. The first-order valence-corrected chi connectivity index (χ1v) is 33.6. The molecule has 3 aliphatic heterocycles. The number of nitrogens with one attached hydrogen (secondary N) is 3. The molecule has 0 unspecified atom stereocenters. The van der Waals surface area contributed by atoms with Gasteiger partial charge < -0.3 is 64.2 Å². The van der Waals surface area contributed by atoms with Crippen LogP contribution in [0.1, 0.15) is 71.1 Å². The lowest BCUT2D eigenvalue weighted by atomic mass is 10.0. The number of aromatic amines is 3. The van der Waals surface area contributed by atoms with Crippen molar-refractivity contribution in [3.05, 3.63) is 204 Å². The first kappa shape index (κ1) is 68.8. The van der Waals surface area contributed by atoms with Gasteiger partial charge in [0.15, 0.2) is 0 Å². The Morgan fingerprint density at radius 2 is 0.951 bits per heavy atom. The second-order valence-electron chi connectivity index (χ2n) is 24.9. The van der Waals surface area contributed by atoms with Gasteiger partial charge in [0.25, 0.3) is 0 Å². The third kappa shape index (κ3) is 16.0. The predicted octanol–water partition coefficient (Wildman–Crippen LogP) is 12.9. The van der Waals surface area contributed by atoms with Crippen LogP contribution in [0.15, 0.2) is 176 Å². The smallest absolute Gasteiger partial charge is 0.307 e. The van der Waals surface area contributed by atoms with E-state index in [4.69, 9.17) is 44.4 Å². The number of pyridine rings is 4. The highest BCUT2D eigenvalue weighted by Gasteiger charge is 2.26. The molecule has 3 fully saturated rings. The van der Waals surface area contributed by atoms with Crippen LogP contribution in [0.25, 0.3) is 100 Å². The van der Waals surface area contributed by atoms with Gasteiger partial charge in [-0.3, -0.25) is 29.3 Å². The number of nitrogens with two attached hydrogens (primary N) is 1. The van der Waals surface area contributed by atoms with Crippen molar-refractivity contribution in [1.82, 2.24) is 39.8 Å². The molecule has 0 atom stereocenters. The van der Waals surface area contributed by atoms with Crippen LogP contribution in [0, 0.1) is 34.0 Å². The Hall–Kier alpha value is -12.7. The summed E-state index contributed by atoms with van der Waals surface area (Å²) in [6.45, 7) is 3.27. The Bertz CT molecular complexity index is 5220. The van der Waals surface area contributed by atoms with E-state index in [1.807, 2.05) is 121 Å². The number of hydrogen-bond donors (Lipinski definition) is 6. The zero-order valence-corrected chi connectivity index (χ0v) is 56.1. The fraction of sp³-hybridized carbons (Fsp3) is 0.225. The summed E-state index contributed by atoms with van der Waals surface area (Å²) >= 11 is 0. The van der Waals surface area contributed by atoms with Gasteiger partial charge in [0.1, 0.15) is 60.4 Å². The zero-order valence-electron chi connectivity index (χ0n) is 56.1. The number of aliphatic hydroxyl groups excluding tert-OH is 1. The molecule has 7 aromatic heterocycles. The van der Waals surface area contributed by atoms with Crippen molar-refractivity contribution in [2.24, 2.45) is 5.73 Å². The van der Waals surface area contributed by atoms with E-state index in [2.05, 4.69) is 53.1 Å². The van der Waals surface area contributed by atoms with Gasteiger partial charge in [-0.15, -0.1) is 0 Å². The SMILES string of the molecule is COc1ccc(-c2cc3c(-c4ccc(OC5CCN(C(=O)CO)CC5)c(C#N)c4)nccc3[nH]2)cn1.N#Cc1cc(-c2nccc3[nH]c(-c4ccc(CC(=O)O)cc4)cc23)ccc1OC1CCOCC1.N#Cc1cc(-c2nccc3[nH]c(-c4cccc(C(N)=O)c4)cc23)ccc1OC1CCOCC1. The number of benzene rings is 5. The van der Waals surface area contributed by atoms with Crippen molar-refractivity contribution < 1.29 is 53.0 Å². The molecule has 12 aromatic rings. The van der Waals surface area contributed by atoms with Gasteiger partial charge in [0.05, 0.1) is 73.7 Å². The number of rotatable bonds is 17. The van der Waals surface area contributed by atoms with Crippen molar-refractivity contribution in [2.75, 3.05) is 53.2 Å². The van der Waals surface area contributed by atoms with Crippen LogP contribution in [-0.2, 0) is 25.5 Å². The van der Waals surface area contributed by atoms with E-state index in [9.17, 15) is 30.2 Å². The third-order valence-corrected chi connectivity index (χ3v) is 18.2. The number of amides is 2. The minimum atomic E-state index is -0.852. The zero-order chi connectivity index (χ0) is 71.3. The van der Waals surface area contributed by atoms with Crippen molar-refractivity contribution in [2.45, 2.75) is 63.3 Å². The molecule has 0 spiro atoms. The molecule has 23 heteroatoms. The summed E-state index contributed by atoms with van der Waals surface area (Å²) in [5, 5.41) is 50.1. The van der Waals surface area contributed by atoms with Crippen molar-refractivity contribution in [1.29, 1.82) is 15.8 Å². The minimum Gasteiger partial charge on any atom is -0.489 e. The first-order chi connectivity index (χ1) is 50.3. The quantitative estimate of drug-likeness (QED) is 0.0493. The average molecular weight is 1380 g/mol. The summed E-state index contributed by atoms with van der Waals surface area (Å²) in [7, 11) is 1.58. The molecule has 5 aromatic carbocycles. The van der Waals surface area contributed by atoms with Crippen LogP contribution in [0.2, 0.25) is 0 Å². The Morgan fingerprint density at radius 1 is 0.524 bits per heavy atom. The number of hydrogen-bond acceptors (Lipinski definition) is 17. The molecule has 0 saturated carbocycles. The third-order valence-electron chi connectivity index (χ3n) is 18.2. The number of carboxylic acid groups (broad SMARTS) is 1. The minimum absolute atomic E-state index is 0.00346. The number of H-pyrrole nitrogens is 3. The highest BCUT2D eigenvalue weighted by Crippen LogP contribution is 2.38. The Morgan fingerprint density at radius 3 is 1.36 bits per heavy atom. The Labute approximate surface area is 591 Å². The van der Waals surface area contributed by atoms with Gasteiger partial charge in [0, 0.05) is 160 Å². The van der Waals surface area contributed by atoms with Gasteiger partial charge in [-0.05, 0) is 126 Å². The number of nitrogens with zero attached hydrogens (tertiary/aromatic N) is 8. The van der Waals surface area contributed by atoms with Crippen LogP contribution in [0.4, 0.5) is 0 Å². The molecule has 0 radical (unpaired) electrons. The van der Waals surface area contributed by atoms with Crippen LogP contribution in [0.5, 0.6) is 23.1 Å². The molecule has 10 heterocycles. The summed E-state index contributed by atoms with van der Waals surface area (Å²) in [5.41, 5.74) is 20.9. The maximum absolute atomic E-state index is 11.7. The highest BCUT2D eigenvalue weighted by molar-refractivity contribution is 6.00. The van der Waals surface area contributed by atoms with Crippen molar-refractivity contribution in [3.63, 3.8) is 0 Å². The summed E-state index contributed by atoms with van der Waals surface area (Å²) < 4.78 is 34.2. The molecule has 2 amide bonds. The maximum atomic E-state index is 11.7. The predicted molar refractivity (Wildman–Crippen MR) is 386 cm³/mol. The number of likely N-dealkylation sites (tertiary alicyclic amines) is 1. The number of methoxy groups -OCH3 is 1. The van der Waals surface area contributed by atoms with Gasteiger partial charge >= 0.3 is 5.97 Å². The summed E-state index contributed by atoms with van der Waals surface area (Å²) in [6.07, 6.45) is 11.5. The number of fused-ring (bicyclic) bond motifs is 3. The van der Waals surface area contributed by atoms with E-state index < -0.39 is 18.5 Å². The van der Waals surface area contributed by atoms with Gasteiger partial charge in [-0.2, -0.15) is 15.8 Å². The number of aromatic nitrogens is 7. The molecule has 0 bridgehead atoms. The summed E-state index contributed by atoms with van der Waals surface area (Å²) in [5.74, 6) is 0.637. The van der Waals surface area contributed by atoms with E-state index in [-0.39, 0.29) is 30.6 Å². The molecule has 516 valence electrons. The standard InChI is InChI=1S/C27H25N5O4.C27H23N3O4.C26H22N4O3/c1-35-25-5-3-18(15-30-25)23-13-21-22(31-23)6-9-29-27(21)17-2-4-24(19(12-17)14-28)36-20-7-10-32(11-8-20)26(34)16-33;28-16-20-14-19(5-6-25(20)34-21-8-11-33-12-9-21)27-22-15-24(30-23(22)7-10-29-27)18-3-1-17(2-4-18)13-26(31)32;27-15-19-13-17(4-5-24(19)33-20-7-10-32-11-8-20)25-21-14-23(30-22(21)6-9-29-25)16-2-1-3-18(12-16)26(28)31/h2-6,9,12-13,15,20,31,33H,7-8,10-11,16H2,1H3;1-7,10,14-15,21,30H,8-9,11-13H2,(H,31,32);1-6,9,12-14,20,30H,7-8,10-11H2,(H2,28,31). The normalized spacial score (nSPS) is 14.1. The average Bonchev–Trinajstić information content (AvgIpc) is 1.71. The molecule has 15 rings (SSSR count). The topological polar surface area (TPSA) is 347 Å². The number of ether oxygens (including phenoxy) is 6. The summed E-state index contributed by atoms with van der Waals surface area (Å²) in [6, 6.07) is 53.6. The number of carboxylic acids is 1. The Balaban J connectivity index is 0.000000138. The fourth-order valence-corrected chi connectivity index (χ4v) is 12.8. The lowest BCUT2D eigenvalue weighted by molar-refractivity contribution is -0.136. The van der Waals surface area contributed by atoms with Crippen LogP contribution < -0.4 is 24.7 Å². The van der Waals surface area contributed by atoms with E-state index >= 15 is 0 Å². The van der Waals surface area contributed by atoms with Crippen molar-refractivity contribution in [3.8, 4) is 109 Å². The molecule has 7 N–H and O–H groups in total. The van der Waals surface area contributed by atoms with Gasteiger partial charge in [0.2, 0.25) is 17.7 Å². The van der Waals surface area contributed by atoms with Crippen LogP contribution in [-0.4, -0.2) is 139 Å². The van der Waals surface area contributed by atoms with E-state index in [0.29, 0.717) is 97.7 Å². The Kier molecular flexibility index (Phi) is 21.1. The number of piperidine rings is 1. The van der Waals surface area contributed by atoms with E-state index in [1.165, 1.54) is 0 Å². The van der Waals surface area contributed by atoms with Gasteiger partial charge in [-0.25, -0.2) is 4.98 Å². The lowest BCUT2D eigenvalue weighted by Crippen LogP contribution is -2.42. The van der Waals surface area contributed by atoms with Crippen LogP contribution in [0.3, 0.4) is 0 Å². The van der Waals surface area contributed by atoms with E-state index in [0.717, 1.165) is 131 Å². The molecule has 103 heavy (non-hydrogen) atoms. The van der Waals surface area contributed by atoms with E-state index in [1.54, 1.807) is 67.1 Å². The number of nitriles is 3. The highest BCUT2D eigenvalue weighted by atomic mass is 16.5. The maximum Gasteiger partial charge on any atom is 0.307 e. The van der Waals surface area contributed by atoms with Gasteiger partial charge in [-0.1, -0.05) is 36.4 Å².